The summed E-state index contributed by atoms with van der Waals surface area (Å²) in [5.41, 5.74) is 1.77. The third-order valence-electron chi connectivity index (χ3n) is 3.46. The number of rotatable bonds is 5. The van der Waals surface area contributed by atoms with Gasteiger partial charge in [-0.3, -0.25) is 0 Å². The number of benzene rings is 2. The van der Waals surface area contributed by atoms with E-state index in [-0.39, 0.29) is 17.1 Å². The second-order valence-corrected chi connectivity index (χ2v) is 7.68. The van der Waals surface area contributed by atoms with Crippen molar-refractivity contribution in [2.75, 3.05) is 5.75 Å². The van der Waals surface area contributed by atoms with Gasteiger partial charge in [0.1, 0.15) is 0 Å². The zero-order valence-corrected chi connectivity index (χ0v) is 13.7. The summed E-state index contributed by atoms with van der Waals surface area (Å²) in [6.07, 6.45) is 0.130. The average molecular weight is 334 g/mol. The maximum Gasteiger partial charge on any atom is 0.179 e. The highest BCUT2D eigenvalue weighted by Gasteiger charge is 2.22. The highest BCUT2D eigenvalue weighted by Crippen LogP contribution is 2.26. The molecular weight excluding hydrogens is 318 g/mol. The molecule has 0 amide bonds. The minimum atomic E-state index is -3.45. The summed E-state index contributed by atoms with van der Waals surface area (Å²) in [6, 6.07) is 15.8. The van der Waals surface area contributed by atoms with Crippen LogP contribution in [-0.2, 0) is 9.84 Å². The van der Waals surface area contributed by atoms with Crippen molar-refractivity contribution in [3.8, 4) is 6.07 Å². The summed E-state index contributed by atoms with van der Waals surface area (Å²) >= 11 is 5.96. The first-order valence-corrected chi connectivity index (χ1v) is 8.87. The number of nitriles is 1. The van der Waals surface area contributed by atoms with E-state index in [0.29, 0.717) is 5.02 Å². The van der Waals surface area contributed by atoms with Crippen LogP contribution >= 0.6 is 11.6 Å². The Morgan fingerprint density at radius 3 is 2.45 bits per heavy atom. The van der Waals surface area contributed by atoms with Gasteiger partial charge in [-0.2, -0.15) is 5.26 Å². The number of nitrogens with zero attached hydrogens (tertiary/aromatic N) is 1. The van der Waals surface area contributed by atoms with E-state index in [2.05, 4.69) is 6.07 Å². The lowest BCUT2D eigenvalue weighted by Crippen LogP contribution is -2.15. The van der Waals surface area contributed by atoms with Crippen molar-refractivity contribution in [2.45, 2.75) is 24.2 Å². The molecule has 0 heterocycles. The molecule has 2 rings (SSSR count). The van der Waals surface area contributed by atoms with Gasteiger partial charge in [-0.05, 0) is 36.8 Å². The van der Waals surface area contributed by atoms with Crippen LogP contribution in [0.15, 0.2) is 53.4 Å². The fourth-order valence-corrected chi connectivity index (χ4v) is 4.03. The van der Waals surface area contributed by atoms with E-state index in [1.807, 2.05) is 6.92 Å². The molecule has 114 valence electrons. The molecule has 0 aromatic heterocycles. The van der Waals surface area contributed by atoms with Crippen LogP contribution in [0.5, 0.6) is 0 Å². The van der Waals surface area contributed by atoms with Crippen molar-refractivity contribution in [3.63, 3.8) is 0 Å². The maximum atomic E-state index is 12.5. The van der Waals surface area contributed by atoms with Gasteiger partial charge in [0.2, 0.25) is 0 Å². The van der Waals surface area contributed by atoms with Crippen LogP contribution in [0, 0.1) is 18.3 Å². The molecule has 3 nitrogen and oxygen atoms in total. The summed E-state index contributed by atoms with van der Waals surface area (Å²) in [7, 11) is -3.45. The van der Waals surface area contributed by atoms with E-state index in [0.717, 1.165) is 11.1 Å². The van der Waals surface area contributed by atoms with Gasteiger partial charge in [-0.25, -0.2) is 8.42 Å². The standard InChI is InChI=1S/C17H16ClNO2S/c1-13-5-7-17(8-6-13)22(20,21)12-15(9-10-19)14-3-2-4-16(18)11-14/h2-8,11,15H,9,12H2,1H3. The molecule has 0 aliphatic carbocycles. The highest BCUT2D eigenvalue weighted by molar-refractivity contribution is 7.91. The summed E-state index contributed by atoms with van der Waals surface area (Å²) in [5, 5.41) is 9.53. The predicted molar refractivity (Wildman–Crippen MR) is 87.7 cm³/mol. The number of hydrogen-bond donors (Lipinski definition) is 0. The molecule has 0 saturated carbocycles. The molecule has 0 bridgehead atoms. The van der Waals surface area contributed by atoms with E-state index in [1.165, 1.54) is 0 Å². The molecule has 2 aromatic carbocycles. The molecule has 0 aliphatic heterocycles. The molecule has 5 heteroatoms. The summed E-state index contributed by atoms with van der Waals surface area (Å²) in [6.45, 7) is 1.90. The Hall–Kier alpha value is -1.83. The SMILES string of the molecule is Cc1ccc(S(=O)(=O)CC(CC#N)c2cccc(Cl)c2)cc1. The topological polar surface area (TPSA) is 57.9 Å². The van der Waals surface area contributed by atoms with Crippen LogP contribution in [0.1, 0.15) is 23.5 Å². The van der Waals surface area contributed by atoms with Crippen LogP contribution in [0.3, 0.4) is 0 Å². The summed E-state index contributed by atoms with van der Waals surface area (Å²) < 4.78 is 25.1. The average Bonchev–Trinajstić information content (AvgIpc) is 2.47. The van der Waals surface area contributed by atoms with Crippen molar-refractivity contribution >= 4 is 21.4 Å². The third-order valence-corrected chi connectivity index (χ3v) is 5.53. The van der Waals surface area contributed by atoms with Gasteiger partial charge in [-0.1, -0.05) is 41.4 Å². The maximum absolute atomic E-state index is 12.5. The Kier molecular flexibility index (Phi) is 5.23. The summed E-state index contributed by atoms with van der Waals surface area (Å²) in [4.78, 5) is 0.281. The molecule has 2 aromatic rings. The number of hydrogen-bond acceptors (Lipinski definition) is 3. The van der Waals surface area contributed by atoms with E-state index in [4.69, 9.17) is 16.9 Å². The van der Waals surface area contributed by atoms with Gasteiger partial charge in [-0.15, -0.1) is 0 Å². The Labute approximate surface area is 136 Å². The van der Waals surface area contributed by atoms with E-state index in [9.17, 15) is 8.42 Å². The van der Waals surface area contributed by atoms with Crippen molar-refractivity contribution in [1.82, 2.24) is 0 Å². The van der Waals surface area contributed by atoms with Crippen molar-refractivity contribution < 1.29 is 8.42 Å². The van der Waals surface area contributed by atoms with Gasteiger partial charge in [0.25, 0.3) is 0 Å². The minimum Gasteiger partial charge on any atom is -0.224 e. The zero-order valence-electron chi connectivity index (χ0n) is 12.2. The third kappa shape index (κ3) is 4.09. The Morgan fingerprint density at radius 2 is 1.86 bits per heavy atom. The molecule has 22 heavy (non-hydrogen) atoms. The van der Waals surface area contributed by atoms with Gasteiger partial charge in [0.15, 0.2) is 9.84 Å². The first-order valence-electron chi connectivity index (χ1n) is 6.84. The Morgan fingerprint density at radius 1 is 1.18 bits per heavy atom. The molecule has 0 spiro atoms. The van der Waals surface area contributed by atoms with Crippen molar-refractivity contribution in [2.24, 2.45) is 0 Å². The molecule has 1 unspecified atom stereocenters. The van der Waals surface area contributed by atoms with Crippen LogP contribution < -0.4 is 0 Å². The lowest BCUT2D eigenvalue weighted by atomic mass is 9.98. The van der Waals surface area contributed by atoms with Gasteiger partial charge in [0.05, 0.1) is 16.7 Å². The Bertz CT molecular complexity index is 792. The predicted octanol–water partition coefficient (Wildman–Crippen LogP) is 4.12. The molecule has 0 N–H and O–H groups in total. The normalized spacial score (nSPS) is 12.6. The Balaban J connectivity index is 2.31. The van der Waals surface area contributed by atoms with Crippen LogP contribution in [0.25, 0.3) is 0 Å². The fraction of sp³-hybridized carbons (Fsp3) is 0.235. The molecule has 0 radical (unpaired) electrons. The number of aryl methyl sites for hydroxylation is 1. The zero-order chi connectivity index (χ0) is 16.2. The van der Waals surface area contributed by atoms with Crippen LogP contribution in [0.2, 0.25) is 5.02 Å². The van der Waals surface area contributed by atoms with Crippen molar-refractivity contribution in [3.05, 3.63) is 64.7 Å². The fourth-order valence-electron chi connectivity index (χ4n) is 2.25. The number of halogens is 1. The number of sulfone groups is 1. The molecule has 0 aliphatic rings. The second-order valence-electron chi connectivity index (χ2n) is 5.21. The summed E-state index contributed by atoms with van der Waals surface area (Å²) in [5.74, 6) is -0.501. The van der Waals surface area contributed by atoms with Gasteiger partial charge >= 0.3 is 0 Å². The largest absolute Gasteiger partial charge is 0.224 e. The monoisotopic (exact) mass is 333 g/mol. The van der Waals surface area contributed by atoms with E-state index in [1.54, 1.807) is 48.5 Å². The second kappa shape index (κ2) is 6.95. The highest BCUT2D eigenvalue weighted by atomic mass is 35.5. The van der Waals surface area contributed by atoms with Crippen LogP contribution in [0.4, 0.5) is 0 Å². The molecule has 0 fully saturated rings. The first kappa shape index (κ1) is 16.5. The van der Waals surface area contributed by atoms with Gasteiger partial charge in [0, 0.05) is 17.4 Å². The van der Waals surface area contributed by atoms with E-state index < -0.39 is 15.8 Å². The molecular formula is C17H16ClNO2S. The molecule has 0 saturated heterocycles. The van der Waals surface area contributed by atoms with E-state index >= 15 is 0 Å². The van der Waals surface area contributed by atoms with Crippen LogP contribution in [-0.4, -0.2) is 14.2 Å². The quantitative estimate of drug-likeness (QED) is 0.827. The van der Waals surface area contributed by atoms with Gasteiger partial charge < -0.3 is 0 Å². The van der Waals surface area contributed by atoms with Crippen molar-refractivity contribution in [1.29, 1.82) is 5.26 Å². The lowest BCUT2D eigenvalue weighted by molar-refractivity contribution is 0.588. The first-order chi connectivity index (χ1) is 10.4. The smallest absolute Gasteiger partial charge is 0.179 e. The molecule has 1 atom stereocenters. The minimum absolute atomic E-state index is 0.107. The lowest BCUT2D eigenvalue weighted by Gasteiger charge is -2.15.